The monoisotopic (exact) mass is 339 g/mol. The topological polar surface area (TPSA) is 70.6 Å². The Morgan fingerprint density at radius 1 is 1.17 bits per heavy atom. The van der Waals surface area contributed by atoms with Crippen molar-refractivity contribution >= 4 is 15.9 Å². The van der Waals surface area contributed by atoms with Crippen LogP contribution in [0.5, 0.6) is 0 Å². The van der Waals surface area contributed by atoms with Crippen molar-refractivity contribution in [1.29, 1.82) is 0 Å². The summed E-state index contributed by atoms with van der Waals surface area (Å²) < 4.78 is 26.6. The first-order valence-electron chi connectivity index (χ1n) is 8.11. The van der Waals surface area contributed by atoms with Crippen molar-refractivity contribution in [1.82, 2.24) is 14.2 Å². The molecule has 1 saturated heterocycles. The lowest BCUT2D eigenvalue weighted by Crippen LogP contribution is -2.39. The van der Waals surface area contributed by atoms with E-state index in [0.717, 1.165) is 31.2 Å². The number of hydrogen-bond donors (Lipinski definition) is 0. The number of rotatable bonds is 6. The highest BCUT2D eigenvalue weighted by Crippen LogP contribution is 2.14. The molecule has 1 fully saturated rings. The smallest absolute Gasteiger partial charge is 0.219 e. The van der Waals surface area contributed by atoms with Crippen LogP contribution in [0.15, 0.2) is 24.5 Å². The SMILES string of the molecule is CC(=O)N(CCS(=O)(=O)N1CCCCCC1)Cc1ccncc1. The largest absolute Gasteiger partial charge is 0.338 e. The normalized spacial score (nSPS) is 16.7. The third-order valence-electron chi connectivity index (χ3n) is 4.15. The van der Waals surface area contributed by atoms with E-state index in [9.17, 15) is 13.2 Å². The Morgan fingerprint density at radius 3 is 2.35 bits per heavy atom. The van der Waals surface area contributed by atoms with Gasteiger partial charge in [-0.05, 0) is 30.5 Å². The molecular weight excluding hydrogens is 314 g/mol. The predicted octanol–water partition coefficient (Wildman–Crippen LogP) is 1.64. The van der Waals surface area contributed by atoms with Crippen LogP contribution in [-0.2, 0) is 21.4 Å². The molecule has 7 heteroatoms. The van der Waals surface area contributed by atoms with E-state index in [1.165, 1.54) is 6.92 Å². The maximum absolute atomic E-state index is 12.5. The number of amides is 1. The Kier molecular flexibility index (Phi) is 6.53. The number of hydrogen-bond acceptors (Lipinski definition) is 4. The van der Waals surface area contributed by atoms with Gasteiger partial charge < -0.3 is 4.90 Å². The maximum Gasteiger partial charge on any atom is 0.219 e. The van der Waals surface area contributed by atoms with Crippen molar-refractivity contribution in [2.24, 2.45) is 0 Å². The van der Waals surface area contributed by atoms with Crippen molar-refractivity contribution in [2.45, 2.75) is 39.2 Å². The minimum Gasteiger partial charge on any atom is -0.338 e. The Hall–Kier alpha value is -1.47. The predicted molar refractivity (Wildman–Crippen MR) is 89.2 cm³/mol. The first kappa shape index (κ1) is 17.9. The molecule has 23 heavy (non-hydrogen) atoms. The van der Waals surface area contributed by atoms with Crippen molar-refractivity contribution in [3.8, 4) is 0 Å². The Labute approximate surface area is 138 Å². The van der Waals surface area contributed by atoms with E-state index in [1.807, 2.05) is 12.1 Å². The molecule has 1 aromatic rings. The molecule has 1 aliphatic rings. The number of aromatic nitrogens is 1. The molecule has 128 valence electrons. The molecule has 0 aliphatic carbocycles. The van der Waals surface area contributed by atoms with Crippen LogP contribution in [0.2, 0.25) is 0 Å². The van der Waals surface area contributed by atoms with E-state index < -0.39 is 10.0 Å². The summed E-state index contributed by atoms with van der Waals surface area (Å²) in [5.41, 5.74) is 0.947. The number of nitrogens with zero attached hydrogens (tertiary/aromatic N) is 3. The Morgan fingerprint density at radius 2 is 1.78 bits per heavy atom. The minimum absolute atomic E-state index is 0.0162. The lowest BCUT2D eigenvalue weighted by Gasteiger charge is -2.24. The molecule has 0 radical (unpaired) electrons. The molecule has 0 unspecified atom stereocenters. The zero-order valence-corrected chi connectivity index (χ0v) is 14.5. The van der Waals surface area contributed by atoms with Crippen molar-refractivity contribution in [2.75, 3.05) is 25.4 Å². The van der Waals surface area contributed by atoms with E-state index in [-0.39, 0.29) is 18.2 Å². The average Bonchev–Trinajstić information content (AvgIpc) is 2.82. The fourth-order valence-electron chi connectivity index (χ4n) is 2.73. The van der Waals surface area contributed by atoms with Gasteiger partial charge in [0.05, 0.1) is 5.75 Å². The summed E-state index contributed by atoms with van der Waals surface area (Å²) in [5.74, 6) is -0.134. The lowest BCUT2D eigenvalue weighted by atomic mass is 10.2. The molecule has 1 amide bonds. The van der Waals surface area contributed by atoms with Gasteiger partial charge in [-0.2, -0.15) is 0 Å². The van der Waals surface area contributed by atoms with Crippen molar-refractivity contribution in [3.05, 3.63) is 30.1 Å². The van der Waals surface area contributed by atoms with Crippen LogP contribution in [0.1, 0.15) is 38.2 Å². The number of carbonyl (C=O) groups is 1. The molecule has 0 atom stereocenters. The Balaban J connectivity index is 1.96. The molecule has 1 aromatic heterocycles. The maximum atomic E-state index is 12.5. The van der Waals surface area contributed by atoms with Crippen molar-refractivity contribution in [3.63, 3.8) is 0 Å². The third kappa shape index (κ3) is 5.58. The molecule has 2 heterocycles. The van der Waals surface area contributed by atoms with Gasteiger partial charge in [0.15, 0.2) is 0 Å². The second-order valence-electron chi connectivity index (χ2n) is 5.93. The molecule has 1 aliphatic heterocycles. The zero-order valence-electron chi connectivity index (χ0n) is 13.6. The van der Waals surface area contributed by atoms with Gasteiger partial charge in [-0.15, -0.1) is 0 Å². The van der Waals surface area contributed by atoms with E-state index in [1.54, 1.807) is 21.6 Å². The molecule has 6 nitrogen and oxygen atoms in total. The molecule has 0 saturated carbocycles. The van der Waals surface area contributed by atoms with Gasteiger partial charge in [0.25, 0.3) is 0 Å². The molecule has 0 bridgehead atoms. The highest BCUT2D eigenvalue weighted by Gasteiger charge is 2.24. The first-order chi connectivity index (χ1) is 11.0. The highest BCUT2D eigenvalue weighted by molar-refractivity contribution is 7.89. The van der Waals surface area contributed by atoms with Crippen LogP contribution in [0, 0.1) is 0 Å². The number of carbonyl (C=O) groups excluding carboxylic acids is 1. The van der Waals surface area contributed by atoms with Crippen LogP contribution in [0.3, 0.4) is 0 Å². The number of pyridine rings is 1. The van der Waals surface area contributed by atoms with E-state index in [0.29, 0.717) is 19.6 Å². The summed E-state index contributed by atoms with van der Waals surface area (Å²) in [6.07, 6.45) is 7.36. The Bertz CT molecular complexity index is 596. The van der Waals surface area contributed by atoms with Crippen molar-refractivity contribution < 1.29 is 13.2 Å². The van der Waals surface area contributed by atoms with Gasteiger partial charge in [0, 0.05) is 45.5 Å². The first-order valence-corrected chi connectivity index (χ1v) is 9.72. The fourth-order valence-corrected chi connectivity index (χ4v) is 4.25. The molecular formula is C16H25N3O3S. The molecule has 0 N–H and O–H groups in total. The summed E-state index contributed by atoms with van der Waals surface area (Å²) in [4.78, 5) is 17.3. The summed E-state index contributed by atoms with van der Waals surface area (Å²) in [6, 6.07) is 3.67. The molecule has 0 spiro atoms. The van der Waals surface area contributed by atoms with Crippen LogP contribution in [0.4, 0.5) is 0 Å². The van der Waals surface area contributed by atoms with Gasteiger partial charge in [0.2, 0.25) is 15.9 Å². The fraction of sp³-hybridized carbons (Fsp3) is 0.625. The second-order valence-corrected chi connectivity index (χ2v) is 8.01. The zero-order chi connectivity index (χ0) is 16.7. The van der Waals surface area contributed by atoms with Gasteiger partial charge in [-0.3, -0.25) is 9.78 Å². The van der Waals surface area contributed by atoms with Crippen LogP contribution in [-0.4, -0.2) is 53.9 Å². The summed E-state index contributed by atoms with van der Waals surface area (Å²) in [6.45, 7) is 3.31. The van der Waals surface area contributed by atoms with Crippen LogP contribution >= 0.6 is 0 Å². The lowest BCUT2D eigenvalue weighted by molar-refractivity contribution is -0.129. The standard InChI is InChI=1S/C16H25N3O3S/c1-15(20)18(14-16-6-8-17-9-7-16)12-13-23(21,22)19-10-4-2-3-5-11-19/h6-9H,2-5,10-14H2,1H3. The van der Waals surface area contributed by atoms with E-state index >= 15 is 0 Å². The molecule has 2 rings (SSSR count). The van der Waals surface area contributed by atoms with E-state index in [2.05, 4.69) is 4.98 Å². The quantitative estimate of drug-likeness (QED) is 0.790. The summed E-state index contributed by atoms with van der Waals surface area (Å²) in [5, 5.41) is 0. The minimum atomic E-state index is -3.30. The number of sulfonamides is 1. The van der Waals surface area contributed by atoms with Crippen LogP contribution < -0.4 is 0 Å². The highest BCUT2D eigenvalue weighted by atomic mass is 32.2. The van der Waals surface area contributed by atoms with Gasteiger partial charge in [-0.25, -0.2) is 12.7 Å². The van der Waals surface area contributed by atoms with Gasteiger partial charge in [0.1, 0.15) is 0 Å². The van der Waals surface area contributed by atoms with Gasteiger partial charge in [-0.1, -0.05) is 12.8 Å². The van der Waals surface area contributed by atoms with Crippen LogP contribution in [0.25, 0.3) is 0 Å². The average molecular weight is 339 g/mol. The molecule has 0 aromatic carbocycles. The van der Waals surface area contributed by atoms with Gasteiger partial charge >= 0.3 is 0 Å². The summed E-state index contributed by atoms with van der Waals surface area (Å²) in [7, 11) is -3.30. The third-order valence-corrected chi connectivity index (χ3v) is 6.00. The summed E-state index contributed by atoms with van der Waals surface area (Å²) >= 11 is 0. The second kappa shape index (κ2) is 8.40. The van der Waals surface area contributed by atoms with E-state index in [4.69, 9.17) is 0 Å².